The molecule has 96 valence electrons. The highest BCUT2D eigenvalue weighted by molar-refractivity contribution is 7.98. The van der Waals surface area contributed by atoms with E-state index in [2.05, 4.69) is 18.1 Å². The van der Waals surface area contributed by atoms with E-state index >= 15 is 0 Å². The lowest BCUT2D eigenvalue weighted by atomic mass is 10.1. The van der Waals surface area contributed by atoms with Crippen LogP contribution in [0.25, 0.3) is 0 Å². The highest BCUT2D eigenvalue weighted by Gasteiger charge is 2.13. The second-order valence-electron chi connectivity index (χ2n) is 4.35. The van der Waals surface area contributed by atoms with E-state index in [4.69, 9.17) is 5.73 Å². The van der Waals surface area contributed by atoms with E-state index in [0.717, 1.165) is 12.2 Å². The topological polar surface area (TPSA) is 29.3 Å². The highest BCUT2D eigenvalue weighted by atomic mass is 32.2. The van der Waals surface area contributed by atoms with Gasteiger partial charge in [0.15, 0.2) is 0 Å². The van der Waals surface area contributed by atoms with Gasteiger partial charge in [0.2, 0.25) is 0 Å². The van der Waals surface area contributed by atoms with Crippen LogP contribution in [-0.2, 0) is 6.54 Å². The molecule has 0 amide bonds. The van der Waals surface area contributed by atoms with Crippen LogP contribution in [0.15, 0.2) is 18.2 Å². The monoisotopic (exact) mass is 256 g/mol. The van der Waals surface area contributed by atoms with Crippen molar-refractivity contribution in [1.29, 1.82) is 0 Å². The van der Waals surface area contributed by atoms with Gasteiger partial charge in [-0.3, -0.25) is 4.90 Å². The van der Waals surface area contributed by atoms with Gasteiger partial charge < -0.3 is 5.73 Å². The molecule has 17 heavy (non-hydrogen) atoms. The number of nitrogens with zero attached hydrogens (tertiary/aromatic N) is 1. The van der Waals surface area contributed by atoms with Crippen LogP contribution >= 0.6 is 11.8 Å². The van der Waals surface area contributed by atoms with Crippen LogP contribution in [0.1, 0.15) is 18.9 Å². The minimum atomic E-state index is -0.214. The van der Waals surface area contributed by atoms with Gasteiger partial charge in [0, 0.05) is 23.8 Å². The highest BCUT2D eigenvalue weighted by Crippen LogP contribution is 2.19. The first-order valence-electron chi connectivity index (χ1n) is 5.78. The van der Waals surface area contributed by atoms with Gasteiger partial charge in [0.25, 0.3) is 0 Å². The van der Waals surface area contributed by atoms with Gasteiger partial charge in [-0.05, 0) is 44.5 Å². The number of hydrogen-bond donors (Lipinski definition) is 1. The largest absolute Gasteiger partial charge is 0.398 e. The maximum atomic E-state index is 13.6. The van der Waals surface area contributed by atoms with E-state index in [1.165, 1.54) is 6.07 Å². The van der Waals surface area contributed by atoms with Crippen LogP contribution < -0.4 is 5.73 Å². The Labute approximate surface area is 107 Å². The molecule has 1 aromatic rings. The van der Waals surface area contributed by atoms with Crippen molar-refractivity contribution in [3.63, 3.8) is 0 Å². The summed E-state index contributed by atoms with van der Waals surface area (Å²) in [5.74, 6) is 0.909. The number of halogens is 1. The summed E-state index contributed by atoms with van der Waals surface area (Å²) in [6.45, 7) is 2.72. The number of anilines is 1. The Morgan fingerprint density at radius 2 is 2.18 bits per heavy atom. The molecule has 0 saturated heterocycles. The summed E-state index contributed by atoms with van der Waals surface area (Å²) < 4.78 is 13.6. The molecular formula is C13H21FN2S. The molecule has 1 atom stereocenters. The van der Waals surface area contributed by atoms with Crippen molar-refractivity contribution in [2.24, 2.45) is 0 Å². The van der Waals surface area contributed by atoms with Gasteiger partial charge >= 0.3 is 0 Å². The van der Waals surface area contributed by atoms with E-state index in [9.17, 15) is 4.39 Å². The summed E-state index contributed by atoms with van der Waals surface area (Å²) >= 11 is 1.83. The van der Waals surface area contributed by atoms with Crippen LogP contribution in [0.4, 0.5) is 10.1 Å². The zero-order valence-corrected chi connectivity index (χ0v) is 11.6. The van der Waals surface area contributed by atoms with Gasteiger partial charge in [-0.1, -0.05) is 6.07 Å². The minimum absolute atomic E-state index is 0.214. The number of hydrogen-bond acceptors (Lipinski definition) is 3. The lowest BCUT2D eigenvalue weighted by molar-refractivity contribution is 0.242. The van der Waals surface area contributed by atoms with Crippen molar-refractivity contribution in [1.82, 2.24) is 4.90 Å². The van der Waals surface area contributed by atoms with Gasteiger partial charge in [-0.25, -0.2) is 4.39 Å². The number of benzene rings is 1. The smallest absolute Gasteiger partial charge is 0.129 e. The maximum absolute atomic E-state index is 13.6. The first-order chi connectivity index (χ1) is 8.06. The zero-order valence-electron chi connectivity index (χ0n) is 10.7. The van der Waals surface area contributed by atoms with Crippen LogP contribution in [0, 0.1) is 5.82 Å². The fourth-order valence-corrected chi connectivity index (χ4v) is 2.23. The molecule has 1 aromatic carbocycles. The number of nitrogens with two attached hydrogens (primary N) is 1. The average Bonchev–Trinajstić information content (AvgIpc) is 2.30. The molecule has 0 aliphatic heterocycles. The Balaban J connectivity index is 2.64. The predicted octanol–water partition coefficient (Wildman–Crippen LogP) is 2.98. The van der Waals surface area contributed by atoms with Gasteiger partial charge in [0.1, 0.15) is 5.82 Å². The molecule has 0 radical (unpaired) electrons. The van der Waals surface area contributed by atoms with Gasteiger partial charge in [-0.15, -0.1) is 0 Å². The van der Waals surface area contributed by atoms with Crippen molar-refractivity contribution in [2.45, 2.75) is 25.9 Å². The number of nitrogen functional groups attached to an aromatic ring is 1. The molecule has 2 N–H and O–H groups in total. The Kier molecular flexibility index (Phi) is 5.78. The SMILES string of the molecule is CSCCC(C)N(C)Cc1c(N)cccc1F. The van der Waals surface area contributed by atoms with E-state index in [1.54, 1.807) is 12.1 Å². The summed E-state index contributed by atoms with van der Waals surface area (Å²) in [7, 11) is 2.01. The summed E-state index contributed by atoms with van der Waals surface area (Å²) in [6.07, 6.45) is 3.20. The molecule has 1 unspecified atom stereocenters. The molecular weight excluding hydrogens is 235 g/mol. The first kappa shape index (κ1) is 14.3. The second-order valence-corrected chi connectivity index (χ2v) is 5.34. The van der Waals surface area contributed by atoms with Crippen LogP contribution in [0.5, 0.6) is 0 Å². The van der Waals surface area contributed by atoms with Crippen molar-refractivity contribution >= 4 is 17.4 Å². The Morgan fingerprint density at radius 1 is 1.47 bits per heavy atom. The fourth-order valence-electron chi connectivity index (χ4n) is 1.66. The molecule has 0 saturated carbocycles. The van der Waals surface area contributed by atoms with E-state index in [1.807, 2.05) is 18.8 Å². The number of thioether (sulfide) groups is 1. The summed E-state index contributed by atoms with van der Waals surface area (Å²) in [6, 6.07) is 5.29. The quantitative estimate of drug-likeness (QED) is 0.793. The Morgan fingerprint density at radius 3 is 2.76 bits per heavy atom. The summed E-state index contributed by atoms with van der Waals surface area (Å²) in [5.41, 5.74) is 6.94. The molecule has 0 bridgehead atoms. The van der Waals surface area contributed by atoms with E-state index in [-0.39, 0.29) is 5.82 Å². The van der Waals surface area contributed by atoms with E-state index < -0.39 is 0 Å². The lowest BCUT2D eigenvalue weighted by Crippen LogP contribution is -2.29. The van der Waals surface area contributed by atoms with Crippen LogP contribution in [0.2, 0.25) is 0 Å². The van der Waals surface area contributed by atoms with Crippen LogP contribution in [-0.4, -0.2) is 30.0 Å². The van der Waals surface area contributed by atoms with Crippen molar-refractivity contribution in [3.05, 3.63) is 29.6 Å². The molecule has 1 rings (SSSR count). The molecule has 0 spiro atoms. The Bertz CT molecular complexity index is 337. The Hall–Kier alpha value is -0.740. The zero-order chi connectivity index (χ0) is 12.8. The van der Waals surface area contributed by atoms with E-state index in [0.29, 0.717) is 23.8 Å². The molecule has 0 aromatic heterocycles. The molecule has 0 heterocycles. The molecule has 0 aliphatic carbocycles. The summed E-state index contributed by atoms with van der Waals surface area (Å²) in [4.78, 5) is 2.14. The molecule has 2 nitrogen and oxygen atoms in total. The molecule has 0 fully saturated rings. The van der Waals surface area contributed by atoms with Gasteiger partial charge in [-0.2, -0.15) is 11.8 Å². The summed E-state index contributed by atoms with van der Waals surface area (Å²) in [5, 5.41) is 0. The standard InChI is InChI=1S/C13H21FN2S/c1-10(7-8-17-3)16(2)9-11-12(14)5-4-6-13(11)15/h4-6,10H,7-9,15H2,1-3H3. The maximum Gasteiger partial charge on any atom is 0.129 e. The minimum Gasteiger partial charge on any atom is -0.398 e. The fraction of sp³-hybridized carbons (Fsp3) is 0.538. The van der Waals surface area contributed by atoms with Gasteiger partial charge in [0.05, 0.1) is 0 Å². The second kappa shape index (κ2) is 6.87. The van der Waals surface area contributed by atoms with Crippen molar-refractivity contribution in [2.75, 3.05) is 24.8 Å². The average molecular weight is 256 g/mol. The lowest BCUT2D eigenvalue weighted by Gasteiger charge is -2.25. The third-order valence-electron chi connectivity index (χ3n) is 3.05. The third kappa shape index (κ3) is 4.21. The van der Waals surface area contributed by atoms with Crippen molar-refractivity contribution in [3.8, 4) is 0 Å². The molecule has 0 aliphatic rings. The van der Waals surface area contributed by atoms with Crippen LogP contribution in [0.3, 0.4) is 0 Å². The first-order valence-corrected chi connectivity index (χ1v) is 7.17. The predicted molar refractivity (Wildman–Crippen MR) is 74.7 cm³/mol. The van der Waals surface area contributed by atoms with Crippen molar-refractivity contribution < 1.29 is 4.39 Å². The third-order valence-corrected chi connectivity index (χ3v) is 3.70. The number of rotatable bonds is 6. The normalized spacial score (nSPS) is 13.0. The molecule has 4 heteroatoms.